The number of carbonyl (C=O) groups is 2. The van der Waals surface area contributed by atoms with Gasteiger partial charge in [0, 0.05) is 24.0 Å². The van der Waals surface area contributed by atoms with Crippen molar-refractivity contribution in [1.82, 2.24) is 0 Å². The Morgan fingerprint density at radius 2 is 1.21 bits per heavy atom. The molecule has 12 heteroatoms. The van der Waals surface area contributed by atoms with Gasteiger partial charge in [-0.15, -0.1) is 0 Å². The zero-order valence-electron chi connectivity index (χ0n) is 17.4. The van der Waals surface area contributed by atoms with Crippen LogP contribution in [0.25, 0.3) is 0 Å². The number of hydrogen-bond donors (Lipinski definition) is 0. The highest BCUT2D eigenvalue weighted by Crippen LogP contribution is 2.36. The minimum absolute atomic E-state index is 0.113. The number of nitro groups is 2. The van der Waals surface area contributed by atoms with Crippen molar-refractivity contribution in [2.75, 3.05) is 14.2 Å². The number of nitro benzene ring substituents is 2. The molecule has 0 bridgehead atoms. The second-order valence-corrected chi connectivity index (χ2v) is 6.78. The van der Waals surface area contributed by atoms with Gasteiger partial charge in [-0.05, 0) is 12.1 Å². The normalized spacial score (nSPS) is 10.4. The molecule has 0 aromatic heterocycles. The van der Waals surface area contributed by atoms with Crippen molar-refractivity contribution < 1.29 is 28.9 Å². The van der Waals surface area contributed by atoms with Crippen LogP contribution >= 0.6 is 0 Å². The molecular weight excluding hydrogens is 436 g/mol. The molecule has 0 heterocycles. The number of rotatable bonds is 8. The van der Waals surface area contributed by atoms with Gasteiger partial charge in [0.2, 0.25) is 0 Å². The predicted molar refractivity (Wildman–Crippen MR) is 110 cm³/mol. The molecule has 0 unspecified atom stereocenters. The zero-order valence-corrected chi connectivity index (χ0v) is 17.4. The van der Waals surface area contributed by atoms with Crippen molar-refractivity contribution in [3.05, 3.63) is 78.9 Å². The van der Waals surface area contributed by atoms with Crippen LogP contribution in [0, 0.1) is 48.3 Å². The lowest BCUT2D eigenvalue weighted by Gasteiger charge is -2.19. The van der Waals surface area contributed by atoms with Crippen LogP contribution in [0.15, 0.2) is 36.4 Å². The molecule has 0 N–H and O–H groups in total. The van der Waals surface area contributed by atoms with Crippen LogP contribution in [0.3, 0.4) is 0 Å². The summed E-state index contributed by atoms with van der Waals surface area (Å²) in [6.07, 6.45) is -1.05. The van der Waals surface area contributed by atoms with Gasteiger partial charge < -0.3 is 9.47 Å². The summed E-state index contributed by atoms with van der Waals surface area (Å²) in [6, 6.07) is 11.1. The molecule has 0 aliphatic heterocycles. The number of carbonyl (C=O) groups excluding carboxylic acids is 2. The maximum atomic E-state index is 12.0. The highest BCUT2D eigenvalue weighted by atomic mass is 16.6. The SMILES string of the molecule is COC(=O)c1cccc(CC(C#N)(C#N)Cc2cccc(C(=O)OC)c2[N+](=O)[O-])c1[N+](=O)[O-]. The van der Waals surface area contributed by atoms with Crippen molar-refractivity contribution in [1.29, 1.82) is 10.5 Å². The fourth-order valence-corrected chi connectivity index (χ4v) is 3.34. The molecule has 168 valence electrons. The first-order valence-electron chi connectivity index (χ1n) is 9.16. The minimum atomic E-state index is -2.00. The average molecular weight is 452 g/mol. The fourth-order valence-electron chi connectivity index (χ4n) is 3.34. The molecule has 0 saturated heterocycles. The van der Waals surface area contributed by atoms with E-state index in [1.54, 1.807) is 12.1 Å². The number of benzene rings is 2. The van der Waals surface area contributed by atoms with E-state index >= 15 is 0 Å². The summed E-state index contributed by atoms with van der Waals surface area (Å²) >= 11 is 0. The quantitative estimate of drug-likeness (QED) is 0.327. The van der Waals surface area contributed by atoms with E-state index in [1.165, 1.54) is 36.4 Å². The lowest BCUT2D eigenvalue weighted by Crippen LogP contribution is -2.25. The van der Waals surface area contributed by atoms with Gasteiger partial charge in [0.15, 0.2) is 5.41 Å². The third kappa shape index (κ3) is 4.91. The fraction of sp³-hybridized carbons (Fsp3) is 0.238. The van der Waals surface area contributed by atoms with Gasteiger partial charge in [0.05, 0.1) is 36.2 Å². The van der Waals surface area contributed by atoms with Crippen LogP contribution in [0.2, 0.25) is 0 Å². The van der Waals surface area contributed by atoms with E-state index in [4.69, 9.17) is 0 Å². The number of nitrogens with zero attached hydrogens (tertiary/aromatic N) is 4. The number of nitriles is 2. The Kier molecular flexibility index (Phi) is 7.39. The predicted octanol–water partition coefficient (Wildman–Crippen LogP) is 2.89. The molecule has 2 aromatic carbocycles. The van der Waals surface area contributed by atoms with E-state index in [1.807, 2.05) is 0 Å². The molecular formula is C21H16N4O8. The Balaban J connectivity index is 2.65. The van der Waals surface area contributed by atoms with Crippen molar-refractivity contribution in [3.63, 3.8) is 0 Å². The van der Waals surface area contributed by atoms with Crippen LogP contribution in [0.1, 0.15) is 31.8 Å². The standard InChI is InChI=1S/C21H16N4O8/c1-32-19(26)15-7-3-5-13(17(15)24(28)29)9-21(11-22,12-23)10-14-6-4-8-16(20(27)33-2)18(14)25(30)31/h3-8H,9-10H2,1-2H3. The average Bonchev–Trinajstić information content (AvgIpc) is 2.81. The zero-order chi connectivity index (χ0) is 24.8. The summed E-state index contributed by atoms with van der Waals surface area (Å²) in [4.78, 5) is 45.6. The third-order valence-corrected chi connectivity index (χ3v) is 4.83. The van der Waals surface area contributed by atoms with Crippen molar-refractivity contribution in [2.45, 2.75) is 12.8 Å². The molecule has 0 aliphatic carbocycles. The Bertz CT molecular complexity index is 1130. The second-order valence-electron chi connectivity index (χ2n) is 6.78. The molecule has 2 aromatic rings. The molecule has 33 heavy (non-hydrogen) atoms. The van der Waals surface area contributed by atoms with Gasteiger partial charge in [-0.1, -0.05) is 24.3 Å². The summed E-state index contributed by atoms with van der Waals surface area (Å²) in [5, 5.41) is 43.0. The monoisotopic (exact) mass is 452 g/mol. The van der Waals surface area contributed by atoms with Gasteiger partial charge in [-0.2, -0.15) is 10.5 Å². The topological polar surface area (TPSA) is 186 Å². The van der Waals surface area contributed by atoms with Crippen molar-refractivity contribution >= 4 is 23.3 Å². The van der Waals surface area contributed by atoms with E-state index in [0.717, 1.165) is 14.2 Å². The number of para-hydroxylation sites is 2. The number of esters is 2. The van der Waals surface area contributed by atoms with Crippen molar-refractivity contribution in [2.24, 2.45) is 5.41 Å². The summed E-state index contributed by atoms with van der Waals surface area (Å²) < 4.78 is 9.11. The van der Waals surface area contributed by atoms with Crippen LogP contribution in [0.5, 0.6) is 0 Å². The Hall–Kier alpha value is -4.84. The van der Waals surface area contributed by atoms with E-state index < -0.39 is 51.4 Å². The molecule has 0 fully saturated rings. The molecule has 2 rings (SSSR count). The maximum absolute atomic E-state index is 12.0. The van der Waals surface area contributed by atoms with Gasteiger partial charge in [0.1, 0.15) is 11.1 Å². The van der Waals surface area contributed by atoms with Crippen LogP contribution in [-0.2, 0) is 22.3 Å². The maximum Gasteiger partial charge on any atom is 0.344 e. The summed E-state index contributed by atoms with van der Waals surface area (Å²) in [5.74, 6) is -1.96. The van der Waals surface area contributed by atoms with Crippen LogP contribution < -0.4 is 0 Å². The van der Waals surface area contributed by atoms with Gasteiger partial charge in [0.25, 0.3) is 11.4 Å². The summed E-state index contributed by atoms with van der Waals surface area (Å²) in [5.41, 5.74) is -4.25. The van der Waals surface area contributed by atoms with E-state index in [9.17, 15) is 40.3 Å². The van der Waals surface area contributed by atoms with E-state index in [-0.39, 0.29) is 22.3 Å². The third-order valence-electron chi connectivity index (χ3n) is 4.83. The Morgan fingerprint density at radius 1 is 0.848 bits per heavy atom. The lowest BCUT2D eigenvalue weighted by molar-refractivity contribution is -0.386. The van der Waals surface area contributed by atoms with Crippen LogP contribution in [0.4, 0.5) is 11.4 Å². The number of methoxy groups -OCH3 is 2. The molecule has 12 nitrogen and oxygen atoms in total. The van der Waals surface area contributed by atoms with Gasteiger partial charge in [-0.3, -0.25) is 20.2 Å². The molecule has 0 radical (unpaired) electrons. The summed E-state index contributed by atoms with van der Waals surface area (Å²) in [7, 11) is 2.09. The van der Waals surface area contributed by atoms with Gasteiger partial charge in [-0.25, -0.2) is 9.59 Å². The Morgan fingerprint density at radius 3 is 1.48 bits per heavy atom. The number of hydrogen-bond acceptors (Lipinski definition) is 10. The lowest BCUT2D eigenvalue weighted by atomic mass is 9.78. The summed E-state index contributed by atoms with van der Waals surface area (Å²) in [6.45, 7) is 0. The highest BCUT2D eigenvalue weighted by molar-refractivity contribution is 5.95. The second kappa shape index (κ2) is 9.98. The highest BCUT2D eigenvalue weighted by Gasteiger charge is 2.38. The van der Waals surface area contributed by atoms with E-state index in [2.05, 4.69) is 9.47 Å². The van der Waals surface area contributed by atoms with E-state index in [0.29, 0.717) is 0 Å². The van der Waals surface area contributed by atoms with Crippen molar-refractivity contribution in [3.8, 4) is 12.1 Å². The minimum Gasteiger partial charge on any atom is -0.465 e. The molecule has 0 saturated carbocycles. The van der Waals surface area contributed by atoms with Crippen LogP contribution in [-0.4, -0.2) is 36.0 Å². The molecule has 0 spiro atoms. The Labute approximate surface area is 186 Å². The first-order chi connectivity index (χ1) is 15.6. The number of ether oxygens (including phenoxy) is 2. The molecule has 0 aliphatic rings. The first kappa shape index (κ1) is 24.4. The van der Waals surface area contributed by atoms with Gasteiger partial charge >= 0.3 is 11.9 Å². The smallest absolute Gasteiger partial charge is 0.344 e. The largest absolute Gasteiger partial charge is 0.465 e. The first-order valence-corrected chi connectivity index (χ1v) is 9.16. The molecule has 0 amide bonds. The molecule has 0 atom stereocenters.